The third-order valence-electron chi connectivity index (χ3n) is 2.74. The van der Waals surface area contributed by atoms with E-state index in [1.54, 1.807) is 0 Å². The van der Waals surface area contributed by atoms with Crippen molar-refractivity contribution in [3.63, 3.8) is 0 Å². The Kier molecular flexibility index (Phi) is 3.50. The standard InChI is InChI=1S/C13H16N2O3/c1-3-15-11-6-5-9(18-4-2)7-10(11)14-12(15)8-13(16)17/h5-7H,3-4,8H2,1-2H3,(H,16,17). The summed E-state index contributed by atoms with van der Waals surface area (Å²) >= 11 is 0. The molecule has 2 rings (SSSR count). The maximum atomic E-state index is 10.8. The van der Waals surface area contributed by atoms with Gasteiger partial charge >= 0.3 is 5.97 Å². The Morgan fingerprint density at radius 3 is 2.83 bits per heavy atom. The molecule has 0 aliphatic carbocycles. The minimum absolute atomic E-state index is 0.0630. The monoisotopic (exact) mass is 248 g/mol. The van der Waals surface area contributed by atoms with Crippen molar-refractivity contribution in [2.24, 2.45) is 0 Å². The van der Waals surface area contributed by atoms with Crippen LogP contribution in [0.1, 0.15) is 19.7 Å². The summed E-state index contributed by atoms with van der Waals surface area (Å²) in [4.78, 5) is 15.2. The minimum Gasteiger partial charge on any atom is -0.494 e. The van der Waals surface area contributed by atoms with Crippen LogP contribution >= 0.6 is 0 Å². The summed E-state index contributed by atoms with van der Waals surface area (Å²) < 4.78 is 7.33. The van der Waals surface area contributed by atoms with Gasteiger partial charge in [0.15, 0.2) is 0 Å². The lowest BCUT2D eigenvalue weighted by molar-refractivity contribution is -0.136. The summed E-state index contributed by atoms with van der Waals surface area (Å²) in [6.07, 6.45) is -0.0630. The van der Waals surface area contributed by atoms with Crippen molar-refractivity contribution in [3.8, 4) is 5.75 Å². The SMILES string of the molecule is CCOc1ccc2c(c1)nc(CC(=O)O)n2CC. The Bertz CT molecular complexity index is 575. The second kappa shape index (κ2) is 5.08. The summed E-state index contributed by atoms with van der Waals surface area (Å²) in [6, 6.07) is 5.64. The van der Waals surface area contributed by atoms with Crippen LogP contribution < -0.4 is 4.74 Å². The Labute approximate surface area is 105 Å². The number of aromatic nitrogens is 2. The first-order valence-electron chi connectivity index (χ1n) is 5.99. The molecule has 0 aliphatic heterocycles. The molecule has 0 spiro atoms. The van der Waals surface area contributed by atoms with Gasteiger partial charge in [0.25, 0.3) is 0 Å². The van der Waals surface area contributed by atoms with Crippen molar-refractivity contribution in [3.05, 3.63) is 24.0 Å². The number of carboxylic acid groups (broad SMARTS) is 1. The molecule has 5 heteroatoms. The maximum absolute atomic E-state index is 10.8. The van der Waals surface area contributed by atoms with Gasteiger partial charge in [-0.2, -0.15) is 0 Å². The summed E-state index contributed by atoms with van der Waals surface area (Å²) in [7, 11) is 0. The first-order chi connectivity index (χ1) is 8.65. The highest BCUT2D eigenvalue weighted by molar-refractivity contribution is 5.79. The number of carboxylic acids is 1. The number of rotatable bonds is 5. The number of aryl methyl sites for hydroxylation is 1. The van der Waals surface area contributed by atoms with Gasteiger partial charge in [-0.3, -0.25) is 4.79 Å². The van der Waals surface area contributed by atoms with E-state index >= 15 is 0 Å². The number of aliphatic carboxylic acids is 1. The molecular weight excluding hydrogens is 232 g/mol. The molecule has 0 amide bonds. The van der Waals surface area contributed by atoms with E-state index in [1.165, 1.54) is 0 Å². The van der Waals surface area contributed by atoms with Gasteiger partial charge in [0, 0.05) is 12.6 Å². The number of imidazole rings is 1. The molecule has 0 saturated heterocycles. The quantitative estimate of drug-likeness (QED) is 0.879. The lowest BCUT2D eigenvalue weighted by atomic mass is 10.3. The third-order valence-corrected chi connectivity index (χ3v) is 2.74. The molecule has 1 aromatic heterocycles. The van der Waals surface area contributed by atoms with Crippen LogP contribution in [0.3, 0.4) is 0 Å². The molecule has 18 heavy (non-hydrogen) atoms. The predicted octanol–water partition coefficient (Wildman–Crippen LogP) is 2.08. The summed E-state index contributed by atoms with van der Waals surface area (Å²) in [5, 5.41) is 8.87. The number of ether oxygens (including phenoxy) is 1. The van der Waals surface area contributed by atoms with Crippen LogP contribution in [0, 0.1) is 0 Å². The Balaban J connectivity index is 2.49. The van der Waals surface area contributed by atoms with E-state index in [0.717, 1.165) is 16.8 Å². The maximum Gasteiger partial charge on any atom is 0.311 e. The van der Waals surface area contributed by atoms with Crippen molar-refractivity contribution >= 4 is 17.0 Å². The van der Waals surface area contributed by atoms with Crippen molar-refractivity contribution in [2.45, 2.75) is 26.8 Å². The topological polar surface area (TPSA) is 64.3 Å². The molecule has 0 unspecified atom stereocenters. The van der Waals surface area contributed by atoms with Crippen molar-refractivity contribution < 1.29 is 14.6 Å². The van der Waals surface area contributed by atoms with Crippen LogP contribution in [0.5, 0.6) is 5.75 Å². The molecule has 0 atom stereocenters. The molecule has 0 saturated carbocycles. The zero-order valence-electron chi connectivity index (χ0n) is 10.5. The lowest BCUT2D eigenvalue weighted by Crippen LogP contribution is -2.08. The molecule has 1 aromatic carbocycles. The molecule has 96 valence electrons. The van der Waals surface area contributed by atoms with E-state index < -0.39 is 5.97 Å². The van der Waals surface area contributed by atoms with Crippen LogP contribution in [0.2, 0.25) is 0 Å². The number of nitrogens with zero attached hydrogens (tertiary/aromatic N) is 2. The van der Waals surface area contributed by atoms with E-state index in [2.05, 4.69) is 4.98 Å². The van der Waals surface area contributed by atoms with E-state index in [-0.39, 0.29) is 6.42 Å². The number of carbonyl (C=O) groups is 1. The fourth-order valence-corrected chi connectivity index (χ4v) is 2.04. The van der Waals surface area contributed by atoms with Gasteiger partial charge < -0.3 is 14.4 Å². The predicted molar refractivity (Wildman–Crippen MR) is 67.9 cm³/mol. The first-order valence-corrected chi connectivity index (χ1v) is 5.99. The highest BCUT2D eigenvalue weighted by Gasteiger charge is 2.12. The van der Waals surface area contributed by atoms with Crippen LogP contribution in [-0.4, -0.2) is 27.2 Å². The molecular formula is C13H16N2O3. The third kappa shape index (κ3) is 2.30. The Morgan fingerprint density at radius 1 is 1.44 bits per heavy atom. The molecule has 2 aromatic rings. The van der Waals surface area contributed by atoms with Gasteiger partial charge in [-0.05, 0) is 26.0 Å². The molecule has 1 heterocycles. The highest BCUT2D eigenvalue weighted by Crippen LogP contribution is 2.22. The zero-order chi connectivity index (χ0) is 13.1. The largest absolute Gasteiger partial charge is 0.494 e. The Hall–Kier alpha value is -2.04. The number of hydrogen-bond acceptors (Lipinski definition) is 3. The molecule has 1 N–H and O–H groups in total. The fraction of sp³-hybridized carbons (Fsp3) is 0.385. The van der Waals surface area contributed by atoms with Gasteiger partial charge in [0.05, 0.1) is 17.6 Å². The molecule has 5 nitrogen and oxygen atoms in total. The normalized spacial score (nSPS) is 10.8. The van der Waals surface area contributed by atoms with Crippen LogP contribution in [0.25, 0.3) is 11.0 Å². The number of fused-ring (bicyclic) bond motifs is 1. The average Bonchev–Trinajstić information content (AvgIpc) is 2.64. The molecule has 0 fully saturated rings. The van der Waals surface area contributed by atoms with E-state index in [9.17, 15) is 4.79 Å². The molecule has 0 bridgehead atoms. The van der Waals surface area contributed by atoms with Crippen molar-refractivity contribution in [2.75, 3.05) is 6.61 Å². The lowest BCUT2D eigenvalue weighted by Gasteiger charge is -2.05. The minimum atomic E-state index is -0.870. The second-order valence-corrected chi connectivity index (χ2v) is 3.93. The van der Waals surface area contributed by atoms with Gasteiger partial charge in [0.2, 0.25) is 0 Å². The summed E-state index contributed by atoms with van der Waals surface area (Å²) in [5.74, 6) is 0.464. The van der Waals surface area contributed by atoms with E-state index in [0.29, 0.717) is 19.0 Å². The van der Waals surface area contributed by atoms with Gasteiger partial charge in [0.1, 0.15) is 18.0 Å². The fourth-order valence-electron chi connectivity index (χ4n) is 2.04. The smallest absolute Gasteiger partial charge is 0.311 e. The van der Waals surface area contributed by atoms with Crippen molar-refractivity contribution in [1.29, 1.82) is 0 Å². The highest BCUT2D eigenvalue weighted by atomic mass is 16.5. The number of hydrogen-bond donors (Lipinski definition) is 1. The average molecular weight is 248 g/mol. The van der Waals surface area contributed by atoms with Crippen LogP contribution in [0.15, 0.2) is 18.2 Å². The second-order valence-electron chi connectivity index (χ2n) is 3.93. The van der Waals surface area contributed by atoms with Gasteiger partial charge in [-0.25, -0.2) is 4.98 Å². The Morgan fingerprint density at radius 2 is 2.22 bits per heavy atom. The van der Waals surface area contributed by atoms with E-state index in [4.69, 9.17) is 9.84 Å². The summed E-state index contributed by atoms with van der Waals surface area (Å²) in [6.45, 7) is 5.20. The molecule has 0 radical (unpaired) electrons. The van der Waals surface area contributed by atoms with Crippen LogP contribution in [-0.2, 0) is 17.8 Å². The summed E-state index contributed by atoms with van der Waals surface area (Å²) in [5.41, 5.74) is 1.72. The molecule has 0 aliphatic rings. The van der Waals surface area contributed by atoms with Gasteiger partial charge in [-0.15, -0.1) is 0 Å². The zero-order valence-corrected chi connectivity index (χ0v) is 10.5. The number of benzene rings is 1. The van der Waals surface area contributed by atoms with E-state index in [1.807, 2.05) is 36.6 Å². The van der Waals surface area contributed by atoms with Gasteiger partial charge in [-0.1, -0.05) is 0 Å². The van der Waals surface area contributed by atoms with Crippen LogP contribution in [0.4, 0.5) is 0 Å². The first kappa shape index (κ1) is 12.4. The van der Waals surface area contributed by atoms with Crippen molar-refractivity contribution in [1.82, 2.24) is 9.55 Å².